The first-order valence-corrected chi connectivity index (χ1v) is 8.95. The number of nitrogens with zero attached hydrogens (tertiary/aromatic N) is 4. The molecule has 10 nitrogen and oxygen atoms in total. The molecule has 0 saturated carbocycles. The van der Waals surface area contributed by atoms with Crippen molar-refractivity contribution in [3.63, 3.8) is 0 Å². The Kier molecular flexibility index (Phi) is 6.03. The molecule has 2 heterocycles. The number of rotatable bonds is 8. The topological polar surface area (TPSA) is 131 Å². The van der Waals surface area contributed by atoms with Gasteiger partial charge in [-0.05, 0) is 19.1 Å². The number of aliphatic carboxylic acids is 1. The molecule has 2 aromatic heterocycles. The van der Waals surface area contributed by atoms with Crippen LogP contribution in [0.15, 0.2) is 48.9 Å². The summed E-state index contributed by atoms with van der Waals surface area (Å²) in [6.45, 7) is 2.54. The highest BCUT2D eigenvalue weighted by molar-refractivity contribution is 6.11. The Morgan fingerprint density at radius 2 is 1.79 bits per heavy atom. The van der Waals surface area contributed by atoms with Gasteiger partial charge in [-0.15, -0.1) is 0 Å². The Morgan fingerprint density at radius 1 is 1.03 bits per heavy atom. The van der Waals surface area contributed by atoms with Crippen molar-refractivity contribution in [1.82, 2.24) is 19.6 Å². The van der Waals surface area contributed by atoms with E-state index in [1.165, 1.54) is 17.1 Å². The van der Waals surface area contributed by atoms with Gasteiger partial charge in [0.2, 0.25) is 0 Å². The lowest BCUT2D eigenvalue weighted by molar-refractivity contribution is -0.137. The lowest BCUT2D eigenvalue weighted by Gasteiger charge is -2.05. The second-order valence-electron chi connectivity index (χ2n) is 6.16. The monoisotopic (exact) mass is 396 g/mol. The van der Waals surface area contributed by atoms with Crippen LogP contribution in [0.5, 0.6) is 0 Å². The molecular weight excluding hydrogens is 376 g/mol. The number of aryl methyl sites for hydroxylation is 2. The fourth-order valence-electron chi connectivity index (χ4n) is 2.56. The van der Waals surface area contributed by atoms with Gasteiger partial charge in [-0.1, -0.05) is 18.2 Å². The number of carboxylic acids is 1. The second kappa shape index (κ2) is 8.83. The Morgan fingerprint density at radius 3 is 2.48 bits per heavy atom. The largest absolute Gasteiger partial charge is 0.481 e. The first-order chi connectivity index (χ1) is 14.0. The normalized spacial score (nSPS) is 10.5. The van der Waals surface area contributed by atoms with Crippen LogP contribution in [-0.4, -0.2) is 42.5 Å². The van der Waals surface area contributed by atoms with Gasteiger partial charge in [0.1, 0.15) is 0 Å². The maximum Gasteiger partial charge on any atom is 0.305 e. The van der Waals surface area contributed by atoms with E-state index < -0.39 is 17.8 Å². The summed E-state index contributed by atoms with van der Waals surface area (Å²) in [7, 11) is 0. The van der Waals surface area contributed by atoms with Crippen LogP contribution in [0.2, 0.25) is 0 Å². The number of carbonyl (C=O) groups excluding carboxylic acids is 2. The molecule has 150 valence electrons. The predicted molar refractivity (Wildman–Crippen MR) is 105 cm³/mol. The quantitative estimate of drug-likeness (QED) is 0.534. The first kappa shape index (κ1) is 19.8. The van der Waals surface area contributed by atoms with Gasteiger partial charge < -0.3 is 15.7 Å². The second-order valence-corrected chi connectivity index (χ2v) is 6.16. The molecule has 0 saturated heterocycles. The third-order valence-electron chi connectivity index (χ3n) is 4.03. The number of carbonyl (C=O) groups is 3. The van der Waals surface area contributed by atoms with Crippen molar-refractivity contribution in [2.24, 2.45) is 0 Å². The molecule has 0 aliphatic heterocycles. The predicted octanol–water partition coefficient (Wildman–Crippen LogP) is 2.08. The number of para-hydroxylation sites is 1. The minimum Gasteiger partial charge on any atom is -0.481 e. The molecule has 0 fully saturated rings. The zero-order valence-electron chi connectivity index (χ0n) is 15.7. The van der Waals surface area contributed by atoms with Crippen LogP contribution < -0.4 is 10.6 Å². The average molecular weight is 396 g/mol. The molecule has 3 rings (SSSR count). The number of anilines is 2. The SMILES string of the molecule is CCn1cc(NC(=O)c2cnn(CCC(=O)O)c2)c(C(=O)Nc2ccccc2)n1. The van der Waals surface area contributed by atoms with Gasteiger partial charge in [-0.3, -0.25) is 23.7 Å². The van der Waals surface area contributed by atoms with Gasteiger partial charge in [0.05, 0.1) is 30.4 Å². The van der Waals surface area contributed by atoms with Crippen LogP contribution in [0.4, 0.5) is 11.4 Å². The van der Waals surface area contributed by atoms with E-state index in [0.29, 0.717) is 12.2 Å². The molecule has 0 aliphatic rings. The maximum absolute atomic E-state index is 12.6. The lowest BCUT2D eigenvalue weighted by atomic mass is 10.2. The fourth-order valence-corrected chi connectivity index (χ4v) is 2.56. The highest BCUT2D eigenvalue weighted by atomic mass is 16.4. The van der Waals surface area contributed by atoms with Crippen molar-refractivity contribution in [1.29, 1.82) is 0 Å². The number of hydrogen-bond donors (Lipinski definition) is 3. The Labute approximate surface area is 166 Å². The Balaban J connectivity index is 1.74. The molecule has 0 spiro atoms. The molecule has 1 aromatic carbocycles. The van der Waals surface area contributed by atoms with Gasteiger partial charge in [0.25, 0.3) is 11.8 Å². The summed E-state index contributed by atoms with van der Waals surface area (Å²) in [5, 5.41) is 22.4. The van der Waals surface area contributed by atoms with Crippen molar-refractivity contribution in [2.45, 2.75) is 26.4 Å². The summed E-state index contributed by atoms with van der Waals surface area (Å²) < 4.78 is 2.92. The third-order valence-corrected chi connectivity index (χ3v) is 4.03. The Hall–Kier alpha value is -3.95. The van der Waals surface area contributed by atoms with E-state index in [9.17, 15) is 14.4 Å². The Bertz CT molecular complexity index is 1020. The van der Waals surface area contributed by atoms with Crippen molar-refractivity contribution in [3.8, 4) is 0 Å². The summed E-state index contributed by atoms with van der Waals surface area (Å²) in [6, 6.07) is 8.93. The molecule has 0 atom stereocenters. The van der Waals surface area contributed by atoms with Crippen molar-refractivity contribution in [2.75, 3.05) is 10.6 Å². The zero-order valence-corrected chi connectivity index (χ0v) is 15.7. The molecule has 10 heteroatoms. The van der Waals surface area contributed by atoms with Crippen LogP contribution in [0, 0.1) is 0 Å². The summed E-state index contributed by atoms with van der Waals surface area (Å²) in [5.74, 6) is -1.88. The van der Waals surface area contributed by atoms with Crippen LogP contribution in [0.1, 0.15) is 34.2 Å². The van der Waals surface area contributed by atoms with Gasteiger partial charge in [0, 0.05) is 24.6 Å². The third kappa shape index (κ3) is 5.06. The van der Waals surface area contributed by atoms with E-state index in [0.717, 1.165) is 0 Å². The van der Waals surface area contributed by atoms with Gasteiger partial charge in [-0.25, -0.2) is 0 Å². The van der Waals surface area contributed by atoms with Gasteiger partial charge >= 0.3 is 5.97 Å². The molecule has 0 bridgehead atoms. The molecule has 3 aromatic rings. The number of carboxylic acid groups (broad SMARTS) is 1. The highest BCUT2D eigenvalue weighted by Gasteiger charge is 2.20. The minimum atomic E-state index is -0.951. The smallest absolute Gasteiger partial charge is 0.305 e. The number of benzene rings is 1. The van der Waals surface area contributed by atoms with Crippen LogP contribution in [0.25, 0.3) is 0 Å². The molecular formula is C19H20N6O4. The molecule has 0 radical (unpaired) electrons. The zero-order chi connectivity index (χ0) is 20.8. The van der Waals surface area contributed by atoms with E-state index in [2.05, 4.69) is 20.8 Å². The molecule has 0 unspecified atom stereocenters. The van der Waals surface area contributed by atoms with Crippen molar-refractivity contribution in [3.05, 3.63) is 60.2 Å². The standard InChI is InChI=1S/C19H20N6O4/c1-2-24-12-15(17(23-24)19(29)21-14-6-4-3-5-7-14)22-18(28)13-10-20-25(11-13)9-8-16(26)27/h3-7,10-12H,2,8-9H2,1H3,(H,21,29)(H,22,28)(H,26,27). The van der Waals surface area contributed by atoms with Crippen LogP contribution in [0.3, 0.4) is 0 Å². The van der Waals surface area contributed by atoms with Crippen molar-refractivity contribution >= 4 is 29.2 Å². The number of nitrogens with one attached hydrogen (secondary N) is 2. The first-order valence-electron chi connectivity index (χ1n) is 8.95. The highest BCUT2D eigenvalue weighted by Crippen LogP contribution is 2.17. The van der Waals surface area contributed by atoms with E-state index >= 15 is 0 Å². The molecule has 0 aliphatic carbocycles. The van der Waals surface area contributed by atoms with E-state index in [4.69, 9.17) is 5.11 Å². The summed E-state index contributed by atoms with van der Waals surface area (Å²) >= 11 is 0. The molecule has 2 amide bonds. The molecule has 3 N–H and O–H groups in total. The number of aromatic nitrogens is 4. The van der Waals surface area contributed by atoms with E-state index in [1.54, 1.807) is 35.1 Å². The fraction of sp³-hybridized carbons (Fsp3) is 0.211. The lowest BCUT2D eigenvalue weighted by Crippen LogP contribution is -2.17. The van der Waals surface area contributed by atoms with E-state index in [-0.39, 0.29) is 29.9 Å². The maximum atomic E-state index is 12.6. The summed E-state index contributed by atoms with van der Waals surface area (Å²) in [5.41, 5.74) is 1.21. The minimum absolute atomic E-state index is 0.0855. The molecule has 29 heavy (non-hydrogen) atoms. The summed E-state index contributed by atoms with van der Waals surface area (Å²) in [6.07, 6.45) is 4.26. The van der Waals surface area contributed by atoms with Crippen LogP contribution >= 0.6 is 0 Å². The average Bonchev–Trinajstić information content (AvgIpc) is 3.34. The van der Waals surface area contributed by atoms with E-state index in [1.807, 2.05) is 13.0 Å². The number of amides is 2. The van der Waals surface area contributed by atoms with Crippen molar-refractivity contribution < 1.29 is 19.5 Å². The summed E-state index contributed by atoms with van der Waals surface area (Å²) in [4.78, 5) is 35.8. The van der Waals surface area contributed by atoms with Crippen LogP contribution in [-0.2, 0) is 17.9 Å². The van der Waals surface area contributed by atoms with Gasteiger partial charge in [-0.2, -0.15) is 10.2 Å². The van der Waals surface area contributed by atoms with Gasteiger partial charge in [0.15, 0.2) is 5.69 Å². The number of hydrogen-bond acceptors (Lipinski definition) is 5.